The van der Waals surface area contributed by atoms with Crippen molar-refractivity contribution in [3.8, 4) is 5.75 Å². The van der Waals surface area contributed by atoms with Gasteiger partial charge in [0, 0.05) is 6.54 Å². The summed E-state index contributed by atoms with van der Waals surface area (Å²) >= 11 is 1.29. The molecule has 0 bridgehead atoms. The van der Waals surface area contributed by atoms with E-state index in [0.717, 1.165) is 11.1 Å². The maximum Gasteiger partial charge on any atom is 0.344 e. The van der Waals surface area contributed by atoms with Gasteiger partial charge in [0.25, 0.3) is 0 Å². The molecule has 0 unspecified atom stereocenters. The minimum absolute atomic E-state index is 0.0829. The lowest BCUT2D eigenvalue weighted by molar-refractivity contribution is -0.146. The topological polar surface area (TPSA) is 82.1 Å². The van der Waals surface area contributed by atoms with E-state index < -0.39 is 11.9 Å². The van der Waals surface area contributed by atoms with Gasteiger partial charge in [0.05, 0.1) is 30.6 Å². The number of aryl methyl sites for hydroxylation is 1. The molecule has 8 heteroatoms. The second-order valence-corrected chi connectivity index (χ2v) is 7.89. The van der Waals surface area contributed by atoms with Crippen LogP contribution in [0.2, 0.25) is 0 Å². The number of methoxy groups -OCH3 is 1. The molecule has 0 saturated carbocycles. The SMILES string of the molecule is COC(=O)/C=C1/SCC(=O)N1CCCOC(=O)COc1cc(C)ccc1C(C)C. The summed E-state index contributed by atoms with van der Waals surface area (Å²) < 4.78 is 15.5. The fraction of sp³-hybridized carbons (Fsp3) is 0.476. The molecular weight excluding hydrogens is 394 g/mol. The number of hydrogen-bond acceptors (Lipinski definition) is 7. The van der Waals surface area contributed by atoms with Crippen LogP contribution in [-0.4, -0.2) is 55.4 Å². The molecule has 1 aromatic carbocycles. The smallest absolute Gasteiger partial charge is 0.344 e. The number of amides is 1. The zero-order valence-corrected chi connectivity index (χ0v) is 18.0. The van der Waals surface area contributed by atoms with E-state index in [-0.39, 0.29) is 30.8 Å². The number of esters is 2. The lowest BCUT2D eigenvalue weighted by Crippen LogP contribution is -2.27. The van der Waals surface area contributed by atoms with Crippen molar-refractivity contribution < 1.29 is 28.6 Å². The third kappa shape index (κ3) is 6.81. The Morgan fingerprint density at radius 1 is 1.31 bits per heavy atom. The summed E-state index contributed by atoms with van der Waals surface area (Å²) in [4.78, 5) is 36.8. The first kappa shape index (κ1) is 22.8. The Hall–Kier alpha value is -2.48. The van der Waals surface area contributed by atoms with Crippen molar-refractivity contribution in [2.45, 2.75) is 33.1 Å². The Morgan fingerprint density at radius 2 is 2.07 bits per heavy atom. The molecule has 1 heterocycles. The van der Waals surface area contributed by atoms with E-state index in [9.17, 15) is 14.4 Å². The highest BCUT2D eigenvalue weighted by molar-refractivity contribution is 8.04. The van der Waals surface area contributed by atoms with E-state index in [1.54, 1.807) is 0 Å². The van der Waals surface area contributed by atoms with E-state index in [1.165, 1.54) is 29.8 Å². The summed E-state index contributed by atoms with van der Waals surface area (Å²) in [6.45, 7) is 6.45. The van der Waals surface area contributed by atoms with Gasteiger partial charge < -0.3 is 19.1 Å². The zero-order chi connectivity index (χ0) is 21.4. The highest BCUT2D eigenvalue weighted by Crippen LogP contribution is 2.29. The largest absolute Gasteiger partial charge is 0.482 e. The van der Waals surface area contributed by atoms with Gasteiger partial charge in [0.15, 0.2) is 6.61 Å². The van der Waals surface area contributed by atoms with Crippen LogP contribution in [0.1, 0.15) is 37.3 Å². The van der Waals surface area contributed by atoms with Gasteiger partial charge in [-0.3, -0.25) is 4.79 Å². The molecule has 1 fully saturated rings. The van der Waals surface area contributed by atoms with Crippen LogP contribution in [0.3, 0.4) is 0 Å². The maximum atomic E-state index is 12.0. The maximum absolute atomic E-state index is 12.0. The number of nitrogens with zero attached hydrogens (tertiary/aromatic N) is 1. The lowest BCUT2D eigenvalue weighted by Gasteiger charge is -2.17. The molecule has 0 atom stereocenters. The van der Waals surface area contributed by atoms with Crippen LogP contribution >= 0.6 is 11.8 Å². The number of ether oxygens (including phenoxy) is 3. The van der Waals surface area contributed by atoms with Crippen LogP contribution < -0.4 is 4.74 Å². The minimum atomic E-state index is -0.507. The van der Waals surface area contributed by atoms with Gasteiger partial charge in [0.1, 0.15) is 5.75 Å². The number of benzene rings is 1. The monoisotopic (exact) mass is 421 g/mol. The van der Waals surface area contributed by atoms with E-state index in [4.69, 9.17) is 9.47 Å². The Labute approximate surface area is 175 Å². The fourth-order valence-corrected chi connectivity index (χ4v) is 3.71. The van der Waals surface area contributed by atoms with Crippen molar-refractivity contribution >= 4 is 29.6 Å². The van der Waals surface area contributed by atoms with E-state index >= 15 is 0 Å². The third-order valence-electron chi connectivity index (χ3n) is 4.28. The van der Waals surface area contributed by atoms with Gasteiger partial charge in [-0.1, -0.05) is 37.7 Å². The molecule has 1 aromatic rings. The molecule has 0 aliphatic carbocycles. The third-order valence-corrected chi connectivity index (χ3v) is 5.30. The zero-order valence-electron chi connectivity index (χ0n) is 17.2. The predicted molar refractivity (Wildman–Crippen MR) is 111 cm³/mol. The highest BCUT2D eigenvalue weighted by Gasteiger charge is 2.27. The lowest BCUT2D eigenvalue weighted by atomic mass is 10.0. The molecule has 1 aliphatic heterocycles. The minimum Gasteiger partial charge on any atom is -0.482 e. The molecule has 0 spiro atoms. The van der Waals surface area contributed by atoms with E-state index in [0.29, 0.717) is 23.7 Å². The summed E-state index contributed by atoms with van der Waals surface area (Å²) in [6.07, 6.45) is 1.75. The van der Waals surface area contributed by atoms with Crippen molar-refractivity contribution in [1.82, 2.24) is 4.90 Å². The number of carbonyl (C=O) groups is 3. The summed E-state index contributed by atoms with van der Waals surface area (Å²) in [5, 5.41) is 0.553. The summed E-state index contributed by atoms with van der Waals surface area (Å²) in [6, 6.07) is 5.93. The Morgan fingerprint density at radius 3 is 2.76 bits per heavy atom. The number of thioether (sulfide) groups is 1. The molecule has 0 aromatic heterocycles. The van der Waals surface area contributed by atoms with Crippen LogP contribution in [-0.2, 0) is 23.9 Å². The Balaban J connectivity index is 1.78. The molecule has 7 nitrogen and oxygen atoms in total. The molecule has 1 aliphatic rings. The summed E-state index contributed by atoms with van der Waals surface area (Å²) in [5.41, 5.74) is 2.10. The fourth-order valence-electron chi connectivity index (χ4n) is 2.76. The molecule has 0 N–H and O–H groups in total. The number of carbonyl (C=O) groups excluding carboxylic acids is 3. The molecule has 0 radical (unpaired) electrons. The molecule has 2 rings (SSSR count). The molecular formula is C21H27NO6S. The first-order valence-electron chi connectivity index (χ1n) is 9.43. The number of rotatable bonds is 9. The van der Waals surface area contributed by atoms with Crippen LogP contribution in [0.5, 0.6) is 5.75 Å². The van der Waals surface area contributed by atoms with Crippen LogP contribution in [0.4, 0.5) is 0 Å². The van der Waals surface area contributed by atoms with Crippen molar-refractivity contribution in [3.05, 3.63) is 40.4 Å². The molecule has 158 valence electrons. The van der Waals surface area contributed by atoms with Gasteiger partial charge in [-0.15, -0.1) is 0 Å². The van der Waals surface area contributed by atoms with E-state index in [1.807, 2.05) is 25.1 Å². The van der Waals surface area contributed by atoms with Gasteiger partial charge in [-0.2, -0.15) is 0 Å². The molecule has 1 saturated heterocycles. The normalized spacial score (nSPS) is 15.1. The average Bonchev–Trinajstić information content (AvgIpc) is 3.02. The summed E-state index contributed by atoms with van der Waals surface area (Å²) in [7, 11) is 1.29. The first-order valence-corrected chi connectivity index (χ1v) is 10.4. The van der Waals surface area contributed by atoms with Crippen molar-refractivity contribution in [2.75, 3.05) is 32.6 Å². The van der Waals surface area contributed by atoms with Crippen molar-refractivity contribution in [2.24, 2.45) is 0 Å². The van der Waals surface area contributed by atoms with Gasteiger partial charge in [-0.25, -0.2) is 9.59 Å². The molecule has 1 amide bonds. The van der Waals surface area contributed by atoms with Crippen LogP contribution in [0, 0.1) is 6.92 Å². The van der Waals surface area contributed by atoms with Crippen LogP contribution in [0.25, 0.3) is 0 Å². The van der Waals surface area contributed by atoms with Gasteiger partial charge in [0.2, 0.25) is 5.91 Å². The second kappa shape index (κ2) is 10.9. The van der Waals surface area contributed by atoms with E-state index in [2.05, 4.69) is 18.6 Å². The van der Waals surface area contributed by atoms with Crippen LogP contribution in [0.15, 0.2) is 29.3 Å². The first-order chi connectivity index (χ1) is 13.8. The standard InChI is InChI=1S/C21H27NO6S/c1-14(2)16-7-6-15(3)10-17(16)28-12-21(25)27-9-5-8-22-18(23)13-29-19(22)11-20(24)26-4/h6-7,10-11,14H,5,8-9,12-13H2,1-4H3/b19-11+. The Bertz CT molecular complexity index is 789. The highest BCUT2D eigenvalue weighted by atomic mass is 32.2. The van der Waals surface area contributed by atoms with Gasteiger partial charge >= 0.3 is 11.9 Å². The Kier molecular flexibility index (Phi) is 8.57. The predicted octanol–water partition coefficient (Wildman–Crippen LogP) is 3.02. The average molecular weight is 422 g/mol. The van der Waals surface area contributed by atoms with Crippen molar-refractivity contribution in [3.63, 3.8) is 0 Å². The molecule has 29 heavy (non-hydrogen) atoms. The number of hydrogen-bond donors (Lipinski definition) is 0. The quantitative estimate of drug-likeness (QED) is 0.344. The second-order valence-electron chi connectivity index (χ2n) is 6.90. The van der Waals surface area contributed by atoms with Gasteiger partial charge in [-0.05, 0) is 36.5 Å². The van der Waals surface area contributed by atoms with Crippen molar-refractivity contribution in [1.29, 1.82) is 0 Å². The summed E-state index contributed by atoms with van der Waals surface area (Å²) in [5.74, 6) is 0.200.